The summed E-state index contributed by atoms with van der Waals surface area (Å²) in [6, 6.07) is 22.0. The SMILES string of the molecule is COc1ccc(NC(=O)c2oc3ccccc3c2NC(=O)c2nc(SCc3cccc(C)c3)ncc2Cl)cc1. The number of aromatic nitrogens is 2. The molecule has 10 heteroatoms. The van der Waals surface area contributed by atoms with E-state index in [0.717, 1.165) is 11.1 Å². The zero-order valence-electron chi connectivity index (χ0n) is 21.0. The van der Waals surface area contributed by atoms with Crippen molar-refractivity contribution in [1.82, 2.24) is 9.97 Å². The number of nitrogens with one attached hydrogen (secondary N) is 2. The first-order chi connectivity index (χ1) is 18.9. The third kappa shape index (κ3) is 6.05. The van der Waals surface area contributed by atoms with Crippen molar-refractivity contribution >= 4 is 57.5 Å². The van der Waals surface area contributed by atoms with E-state index in [2.05, 4.69) is 26.7 Å². The molecule has 2 heterocycles. The Labute approximate surface area is 233 Å². The van der Waals surface area contributed by atoms with Crippen LogP contribution in [-0.2, 0) is 5.75 Å². The fraction of sp³-hybridized carbons (Fsp3) is 0.103. The van der Waals surface area contributed by atoms with Gasteiger partial charge in [-0.1, -0.05) is 65.3 Å². The number of nitrogens with zero attached hydrogens (tertiary/aromatic N) is 2. The molecule has 0 saturated carbocycles. The van der Waals surface area contributed by atoms with Crippen LogP contribution in [0.5, 0.6) is 5.75 Å². The molecule has 0 fully saturated rings. The van der Waals surface area contributed by atoms with E-state index in [1.165, 1.54) is 18.0 Å². The predicted octanol–water partition coefficient (Wildman–Crippen LogP) is 6.99. The average Bonchev–Trinajstić information content (AvgIpc) is 3.31. The van der Waals surface area contributed by atoms with Crippen LogP contribution in [0.15, 0.2) is 88.6 Å². The first kappa shape index (κ1) is 26.3. The van der Waals surface area contributed by atoms with Crippen LogP contribution < -0.4 is 15.4 Å². The molecular formula is C29H23ClN4O4S. The minimum Gasteiger partial charge on any atom is -0.497 e. The van der Waals surface area contributed by atoms with Crippen LogP contribution in [-0.4, -0.2) is 28.9 Å². The number of fused-ring (bicyclic) bond motifs is 1. The van der Waals surface area contributed by atoms with Crippen molar-refractivity contribution in [2.24, 2.45) is 0 Å². The largest absolute Gasteiger partial charge is 0.497 e. The number of aryl methyl sites for hydroxylation is 1. The quantitative estimate of drug-likeness (QED) is 0.156. The highest BCUT2D eigenvalue weighted by Crippen LogP contribution is 2.32. The van der Waals surface area contributed by atoms with Crippen LogP contribution >= 0.6 is 23.4 Å². The number of hydrogen-bond donors (Lipinski definition) is 2. The molecule has 0 radical (unpaired) electrons. The van der Waals surface area contributed by atoms with Gasteiger partial charge in [-0.15, -0.1) is 0 Å². The lowest BCUT2D eigenvalue weighted by Crippen LogP contribution is -2.18. The zero-order chi connectivity index (χ0) is 27.4. The molecule has 39 heavy (non-hydrogen) atoms. The lowest BCUT2D eigenvalue weighted by atomic mass is 10.2. The number of anilines is 2. The van der Waals surface area contributed by atoms with Crippen molar-refractivity contribution in [3.05, 3.63) is 107 Å². The predicted molar refractivity (Wildman–Crippen MR) is 153 cm³/mol. The topological polar surface area (TPSA) is 106 Å². The van der Waals surface area contributed by atoms with Gasteiger partial charge < -0.3 is 19.8 Å². The van der Waals surface area contributed by atoms with Gasteiger partial charge in [0.05, 0.1) is 18.3 Å². The van der Waals surface area contributed by atoms with Crippen LogP contribution in [0.4, 0.5) is 11.4 Å². The molecule has 8 nitrogen and oxygen atoms in total. The van der Waals surface area contributed by atoms with Gasteiger partial charge in [-0.3, -0.25) is 9.59 Å². The highest BCUT2D eigenvalue weighted by molar-refractivity contribution is 7.98. The number of carbonyl (C=O) groups is 2. The van der Waals surface area contributed by atoms with Gasteiger partial charge in [-0.2, -0.15) is 0 Å². The highest BCUT2D eigenvalue weighted by Gasteiger charge is 2.24. The lowest BCUT2D eigenvalue weighted by Gasteiger charge is -2.09. The van der Waals surface area contributed by atoms with E-state index < -0.39 is 11.8 Å². The van der Waals surface area contributed by atoms with Crippen molar-refractivity contribution < 1.29 is 18.7 Å². The van der Waals surface area contributed by atoms with Gasteiger partial charge >= 0.3 is 0 Å². The van der Waals surface area contributed by atoms with Crippen LogP contribution in [0.1, 0.15) is 32.2 Å². The lowest BCUT2D eigenvalue weighted by molar-refractivity contribution is 0.0999. The maximum absolute atomic E-state index is 13.4. The number of amides is 2. The Kier molecular flexibility index (Phi) is 7.81. The van der Waals surface area contributed by atoms with Gasteiger partial charge in [0.1, 0.15) is 17.0 Å². The Morgan fingerprint density at radius 2 is 1.79 bits per heavy atom. The standard InChI is InChI=1S/C29H23ClN4O4S/c1-17-6-5-7-18(14-17)16-39-29-31-15-22(30)25(34-29)27(35)33-24-21-8-3-4-9-23(21)38-26(24)28(36)32-19-10-12-20(37-2)13-11-19/h3-15H,16H2,1-2H3,(H,32,36)(H,33,35). The van der Waals surface area contributed by atoms with Crippen molar-refractivity contribution in [3.63, 3.8) is 0 Å². The monoisotopic (exact) mass is 558 g/mol. The Balaban J connectivity index is 1.39. The highest BCUT2D eigenvalue weighted by atomic mass is 35.5. The molecule has 5 rings (SSSR count). The number of thioether (sulfide) groups is 1. The van der Waals surface area contributed by atoms with E-state index in [1.54, 1.807) is 55.6 Å². The molecule has 3 aromatic carbocycles. The molecule has 0 atom stereocenters. The number of hydrogen-bond acceptors (Lipinski definition) is 7. The molecular weight excluding hydrogens is 536 g/mol. The second kappa shape index (κ2) is 11.6. The van der Waals surface area contributed by atoms with E-state index in [0.29, 0.717) is 33.3 Å². The minimum absolute atomic E-state index is 0.00907. The van der Waals surface area contributed by atoms with Crippen molar-refractivity contribution in [2.45, 2.75) is 17.8 Å². The van der Waals surface area contributed by atoms with E-state index in [9.17, 15) is 9.59 Å². The van der Waals surface area contributed by atoms with Gasteiger partial charge in [-0.05, 0) is 48.9 Å². The molecule has 0 unspecified atom stereocenters. The number of halogens is 1. The summed E-state index contributed by atoms with van der Waals surface area (Å²) in [5.74, 6) is 0.106. The molecule has 2 N–H and O–H groups in total. The minimum atomic E-state index is -0.593. The summed E-state index contributed by atoms with van der Waals surface area (Å²) in [6.45, 7) is 2.03. The molecule has 0 aliphatic heterocycles. The molecule has 2 amide bonds. The van der Waals surface area contributed by atoms with Gasteiger partial charge in [0.25, 0.3) is 11.8 Å². The fourth-order valence-corrected chi connectivity index (χ4v) is 4.83. The third-order valence-electron chi connectivity index (χ3n) is 5.78. The second-order valence-corrected chi connectivity index (χ2v) is 9.92. The Morgan fingerprint density at radius 3 is 2.56 bits per heavy atom. The third-order valence-corrected chi connectivity index (χ3v) is 6.98. The summed E-state index contributed by atoms with van der Waals surface area (Å²) >= 11 is 7.71. The first-order valence-corrected chi connectivity index (χ1v) is 13.3. The van der Waals surface area contributed by atoms with Crippen molar-refractivity contribution in [1.29, 1.82) is 0 Å². The van der Waals surface area contributed by atoms with E-state index in [-0.39, 0.29) is 22.2 Å². The van der Waals surface area contributed by atoms with Crippen LogP contribution in [0.25, 0.3) is 11.0 Å². The second-order valence-electron chi connectivity index (χ2n) is 8.57. The number of furan rings is 1. The molecule has 0 aliphatic carbocycles. The van der Waals surface area contributed by atoms with Crippen molar-refractivity contribution in [3.8, 4) is 5.75 Å². The number of benzene rings is 3. The molecule has 196 valence electrons. The molecule has 0 bridgehead atoms. The summed E-state index contributed by atoms with van der Waals surface area (Å²) in [4.78, 5) is 35.2. The molecule has 0 spiro atoms. The summed E-state index contributed by atoms with van der Waals surface area (Å²) in [6.07, 6.45) is 1.40. The van der Waals surface area contributed by atoms with Crippen LogP contribution in [0.2, 0.25) is 5.02 Å². The fourth-order valence-electron chi connectivity index (χ4n) is 3.89. The smallest absolute Gasteiger partial charge is 0.293 e. The number of carbonyl (C=O) groups excluding carboxylic acids is 2. The Morgan fingerprint density at radius 1 is 1.00 bits per heavy atom. The van der Waals surface area contributed by atoms with E-state index >= 15 is 0 Å². The molecule has 0 aliphatic rings. The molecule has 5 aromatic rings. The number of para-hydroxylation sites is 1. The van der Waals surface area contributed by atoms with E-state index in [1.807, 2.05) is 25.1 Å². The van der Waals surface area contributed by atoms with Crippen LogP contribution in [0.3, 0.4) is 0 Å². The zero-order valence-corrected chi connectivity index (χ0v) is 22.6. The number of methoxy groups -OCH3 is 1. The van der Waals surface area contributed by atoms with E-state index in [4.69, 9.17) is 20.8 Å². The Hall–Kier alpha value is -4.34. The normalized spacial score (nSPS) is 10.8. The van der Waals surface area contributed by atoms with Crippen molar-refractivity contribution in [2.75, 3.05) is 17.7 Å². The maximum atomic E-state index is 13.4. The summed E-state index contributed by atoms with van der Waals surface area (Å²) in [5, 5.41) is 6.62. The van der Waals surface area contributed by atoms with Gasteiger partial charge in [0, 0.05) is 16.8 Å². The Bertz CT molecular complexity index is 1670. The molecule has 0 saturated heterocycles. The first-order valence-electron chi connectivity index (χ1n) is 11.9. The van der Waals surface area contributed by atoms with Crippen LogP contribution in [0, 0.1) is 6.92 Å². The summed E-state index contributed by atoms with van der Waals surface area (Å²) < 4.78 is 11.0. The number of ether oxygens (including phenoxy) is 1. The van der Waals surface area contributed by atoms with Gasteiger partial charge in [0.2, 0.25) is 5.76 Å². The van der Waals surface area contributed by atoms with Gasteiger partial charge in [0.15, 0.2) is 10.9 Å². The molecule has 2 aromatic heterocycles. The average molecular weight is 559 g/mol. The maximum Gasteiger partial charge on any atom is 0.293 e. The summed E-state index contributed by atoms with van der Waals surface area (Å²) in [7, 11) is 1.56. The summed E-state index contributed by atoms with van der Waals surface area (Å²) in [5.41, 5.74) is 3.45. The number of rotatable bonds is 8. The van der Waals surface area contributed by atoms with Gasteiger partial charge in [-0.25, -0.2) is 9.97 Å².